The number of para-hydroxylation sites is 1. The number of aryl methyl sites for hydroxylation is 1. The van der Waals surface area contributed by atoms with E-state index in [0.717, 1.165) is 34.3 Å². The van der Waals surface area contributed by atoms with E-state index in [1.165, 1.54) is 19.3 Å². The average molecular weight is 386 g/mol. The van der Waals surface area contributed by atoms with Crippen LogP contribution in [0.2, 0.25) is 0 Å². The fourth-order valence-corrected chi connectivity index (χ4v) is 3.40. The van der Waals surface area contributed by atoms with Crippen LogP contribution in [0.25, 0.3) is 17.0 Å². The first kappa shape index (κ1) is 20.4. The molecule has 2 aromatic carbocycles. The monoisotopic (exact) mass is 386 g/mol. The first-order valence-corrected chi connectivity index (χ1v) is 10.1. The predicted octanol–water partition coefficient (Wildman–Crippen LogP) is 6.23. The Morgan fingerprint density at radius 1 is 1.10 bits per heavy atom. The van der Waals surface area contributed by atoms with Crippen molar-refractivity contribution in [1.29, 1.82) is 5.26 Å². The molecule has 0 radical (unpaired) electrons. The third kappa shape index (κ3) is 4.94. The highest BCUT2D eigenvalue weighted by atomic mass is 16.5. The summed E-state index contributed by atoms with van der Waals surface area (Å²) < 4.78 is 5.75. The van der Waals surface area contributed by atoms with Crippen LogP contribution in [-0.4, -0.2) is 17.4 Å². The summed E-state index contributed by atoms with van der Waals surface area (Å²) in [4.78, 5) is 16.3. The highest BCUT2D eigenvalue weighted by Crippen LogP contribution is 2.25. The van der Waals surface area contributed by atoms with Crippen LogP contribution in [0.4, 0.5) is 0 Å². The Labute approximate surface area is 171 Å². The molecule has 0 saturated carbocycles. The zero-order valence-electron chi connectivity index (χ0n) is 17.0. The number of carbonyl (C=O) groups excluding carboxylic acids is 1. The van der Waals surface area contributed by atoms with Gasteiger partial charge in [0.15, 0.2) is 0 Å². The Balaban J connectivity index is 1.75. The number of nitriles is 1. The lowest BCUT2D eigenvalue weighted by molar-refractivity contribution is 0.104. The van der Waals surface area contributed by atoms with Crippen LogP contribution >= 0.6 is 0 Å². The van der Waals surface area contributed by atoms with Gasteiger partial charge < -0.3 is 9.72 Å². The van der Waals surface area contributed by atoms with Crippen LogP contribution in [0.3, 0.4) is 0 Å². The molecule has 1 aromatic heterocycles. The van der Waals surface area contributed by atoms with Crippen LogP contribution in [0.5, 0.6) is 5.75 Å². The topological polar surface area (TPSA) is 65.9 Å². The standard InChI is InChI=1S/C25H26N2O2/c1-3-4-5-8-15-29-21-13-11-19(12-14-21)16-20(17-26)25(28)24-18(2)27-23-10-7-6-9-22(23)24/h6-7,9-14,16,27H,3-5,8,15H2,1-2H3. The summed E-state index contributed by atoms with van der Waals surface area (Å²) in [5, 5.41) is 10.4. The number of fused-ring (bicyclic) bond motifs is 1. The zero-order chi connectivity index (χ0) is 20.6. The molecule has 0 fully saturated rings. The summed E-state index contributed by atoms with van der Waals surface area (Å²) >= 11 is 0. The van der Waals surface area contributed by atoms with Gasteiger partial charge in [-0.25, -0.2) is 0 Å². The number of allylic oxidation sites excluding steroid dienone is 1. The summed E-state index contributed by atoms with van der Waals surface area (Å²) in [7, 11) is 0. The minimum Gasteiger partial charge on any atom is -0.494 e. The van der Waals surface area contributed by atoms with Crippen LogP contribution in [-0.2, 0) is 0 Å². The van der Waals surface area contributed by atoms with Crippen molar-refractivity contribution in [2.75, 3.05) is 6.61 Å². The number of benzene rings is 2. The van der Waals surface area contributed by atoms with Crippen LogP contribution in [0.1, 0.15) is 54.2 Å². The molecule has 29 heavy (non-hydrogen) atoms. The number of ether oxygens (including phenoxy) is 1. The Hall–Kier alpha value is -3.32. The van der Waals surface area contributed by atoms with Crippen molar-refractivity contribution in [1.82, 2.24) is 4.98 Å². The van der Waals surface area contributed by atoms with E-state index in [1.807, 2.05) is 55.5 Å². The van der Waals surface area contributed by atoms with Crippen molar-refractivity contribution < 1.29 is 9.53 Å². The second-order valence-electron chi connectivity index (χ2n) is 7.15. The molecule has 0 aliphatic rings. The van der Waals surface area contributed by atoms with Gasteiger partial charge in [0.2, 0.25) is 5.78 Å². The molecule has 4 heteroatoms. The average Bonchev–Trinajstić information content (AvgIpc) is 3.08. The summed E-state index contributed by atoms with van der Waals surface area (Å²) in [6, 6.07) is 17.2. The molecule has 0 bridgehead atoms. The maximum Gasteiger partial charge on any atom is 0.205 e. The SMILES string of the molecule is CCCCCCOc1ccc(C=C(C#N)C(=O)c2c(C)[nH]c3ccccc23)cc1. The predicted molar refractivity (Wildman–Crippen MR) is 117 cm³/mol. The maximum absolute atomic E-state index is 13.0. The molecule has 148 valence electrons. The van der Waals surface area contributed by atoms with Crippen LogP contribution in [0, 0.1) is 18.3 Å². The number of nitrogens with one attached hydrogen (secondary N) is 1. The quantitative estimate of drug-likeness (QED) is 0.205. The smallest absolute Gasteiger partial charge is 0.205 e. The summed E-state index contributed by atoms with van der Waals surface area (Å²) in [6.07, 6.45) is 6.30. The van der Waals surface area contributed by atoms with E-state index in [2.05, 4.69) is 18.0 Å². The van der Waals surface area contributed by atoms with E-state index in [-0.39, 0.29) is 11.4 Å². The first-order valence-electron chi connectivity index (χ1n) is 10.1. The number of aromatic nitrogens is 1. The zero-order valence-corrected chi connectivity index (χ0v) is 17.0. The van der Waals surface area contributed by atoms with Gasteiger partial charge in [-0.15, -0.1) is 0 Å². The Morgan fingerprint density at radius 3 is 2.59 bits per heavy atom. The van der Waals surface area contributed by atoms with E-state index in [1.54, 1.807) is 6.08 Å². The normalized spacial score (nSPS) is 11.4. The summed E-state index contributed by atoms with van der Waals surface area (Å²) in [5.41, 5.74) is 3.13. The number of hydrogen-bond donors (Lipinski definition) is 1. The second-order valence-corrected chi connectivity index (χ2v) is 7.15. The molecule has 0 atom stereocenters. The van der Waals surface area contributed by atoms with Crippen LogP contribution < -0.4 is 4.74 Å². The van der Waals surface area contributed by atoms with Gasteiger partial charge in [0.05, 0.1) is 12.2 Å². The van der Waals surface area contributed by atoms with Crippen molar-refractivity contribution in [3.63, 3.8) is 0 Å². The van der Waals surface area contributed by atoms with Gasteiger partial charge >= 0.3 is 0 Å². The number of Topliss-reactive ketones (excluding diaryl/α,β-unsaturated/α-hetero) is 1. The first-order chi connectivity index (χ1) is 14.1. The number of ketones is 1. The Morgan fingerprint density at radius 2 is 1.86 bits per heavy atom. The molecule has 0 aliphatic carbocycles. The molecule has 0 aliphatic heterocycles. The maximum atomic E-state index is 13.0. The third-order valence-electron chi connectivity index (χ3n) is 4.94. The van der Waals surface area contributed by atoms with Gasteiger partial charge in [0, 0.05) is 16.6 Å². The number of H-pyrrole nitrogens is 1. The molecule has 0 spiro atoms. The number of aromatic amines is 1. The molecule has 3 rings (SSSR count). The van der Waals surface area contributed by atoms with E-state index in [9.17, 15) is 10.1 Å². The van der Waals surface area contributed by atoms with Crippen molar-refractivity contribution >= 4 is 22.8 Å². The van der Waals surface area contributed by atoms with E-state index in [0.29, 0.717) is 12.2 Å². The minimum absolute atomic E-state index is 0.117. The molecule has 0 amide bonds. The Bertz CT molecular complexity index is 1050. The second kappa shape index (κ2) is 9.75. The lowest BCUT2D eigenvalue weighted by Crippen LogP contribution is -2.03. The largest absolute Gasteiger partial charge is 0.494 e. The molecular weight excluding hydrogens is 360 g/mol. The number of carbonyl (C=O) groups is 1. The van der Waals surface area contributed by atoms with Crippen LogP contribution in [0.15, 0.2) is 54.1 Å². The number of unbranched alkanes of at least 4 members (excludes halogenated alkanes) is 3. The van der Waals surface area contributed by atoms with Gasteiger partial charge in [-0.05, 0) is 43.2 Å². The molecule has 0 unspecified atom stereocenters. The molecule has 0 saturated heterocycles. The highest BCUT2D eigenvalue weighted by Gasteiger charge is 2.19. The summed E-state index contributed by atoms with van der Waals surface area (Å²) in [5.74, 6) is 0.537. The Kier molecular flexibility index (Phi) is 6.86. The summed E-state index contributed by atoms with van der Waals surface area (Å²) in [6.45, 7) is 4.75. The van der Waals surface area contributed by atoms with Gasteiger partial charge in [-0.2, -0.15) is 5.26 Å². The fraction of sp³-hybridized carbons (Fsp3) is 0.280. The van der Waals surface area contributed by atoms with Gasteiger partial charge in [0.1, 0.15) is 17.4 Å². The van der Waals surface area contributed by atoms with Gasteiger partial charge in [-0.3, -0.25) is 4.79 Å². The molecule has 1 heterocycles. The van der Waals surface area contributed by atoms with Crippen molar-refractivity contribution in [2.24, 2.45) is 0 Å². The van der Waals surface area contributed by atoms with Crippen molar-refractivity contribution in [2.45, 2.75) is 39.5 Å². The third-order valence-corrected chi connectivity index (χ3v) is 4.94. The van der Waals surface area contributed by atoms with E-state index in [4.69, 9.17) is 4.74 Å². The number of hydrogen-bond acceptors (Lipinski definition) is 3. The van der Waals surface area contributed by atoms with E-state index >= 15 is 0 Å². The van der Waals surface area contributed by atoms with Crippen molar-refractivity contribution in [3.05, 3.63) is 70.9 Å². The highest BCUT2D eigenvalue weighted by molar-refractivity contribution is 6.20. The van der Waals surface area contributed by atoms with Gasteiger partial charge in [0.25, 0.3) is 0 Å². The fourth-order valence-electron chi connectivity index (χ4n) is 3.40. The van der Waals surface area contributed by atoms with Gasteiger partial charge in [-0.1, -0.05) is 56.5 Å². The number of nitrogens with zero attached hydrogens (tertiary/aromatic N) is 1. The molecular formula is C25H26N2O2. The van der Waals surface area contributed by atoms with Crippen molar-refractivity contribution in [3.8, 4) is 11.8 Å². The minimum atomic E-state index is -0.265. The molecule has 1 N–H and O–H groups in total. The number of rotatable bonds is 9. The molecule has 3 aromatic rings. The van der Waals surface area contributed by atoms with E-state index < -0.39 is 0 Å². The lowest BCUT2D eigenvalue weighted by atomic mass is 9.99. The molecule has 4 nitrogen and oxygen atoms in total. The lowest BCUT2D eigenvalue weighted by Gasteiger charge is -2.06.